The molecule has 2 heterocycles. The Hall–Kier alpha value is -2.11. The molecule has 0 saturated carbocycles. The maximum absolute atomic E-state index is 12.3. The predicted octanol–water partition coefficient (Wildman–Crippen LogP) is 2.06. The molecule has 2 rings (SSSR count). The number of hydrogen-bond acceptors (Lipinski definition) is 3. The van der Waals surface area contributed by atoms with E-state index in [-0.39, 0.29) is 5.91 Å². The van der Waals surface area contributed by atoms with Crippen LogP contribution in [-0.4, -0.2) is 25.9 Å². The van der Waals surface area contributed by atoms with Gasteiger partial charge in [-0.2, -0.15) is 10.2 Å². The highest BCUT2D eigenvalue weighted by molar-refractivity contribution is 6.03. The number of H-pyrrole nitrogens is 1. The van der Waals surface area contributed by atoms with Crippen molar-refractivity contribution in [2.75, 3.05) is 5.32 Å². The summed E-state index contributed by atoms with van der Waals surface area (Å²) in [5.41, 5.74) is 3.39. The molecule has 2 N–H and O–H groups in total. The van der Waals surface area contributed by atoms with Gasteiger partial charge < -0.3 is 5.32 Å². The monoisotopic (exact) mass is 261 g/mol. The summed E-state index contributed by atoms with van der Waals surface area (Å²) in [6, 6.07) is 1.83. The topological polar surface area (TPSA) is 75.6 Å². The highest BCUT2D eigenvalue weighted by Crippen LogP contribution is 2.15. The molecule has 0 fully saturated rings. The first kappa shape index (κ1) is 13.3. The number of carbonyl (C=O) groups is 1. The molecule has 6 heteroatoms. The smallest absolute Gasteiger partial charge is 0.275 e. The van der Waals surface area contributed by atoms with Gasteiger partial charge in [-0.25, -0.2) is 0 Å². The van der Waals surface area contributed by atoms with Crippen LogP contribution >= 0.6 is 0 Å². The van der Waals surface area contributed by atoms with Crippen LogP contribution in [-0.2, 0) is 13.0 Å². The van der Waals surface area contributed by atoms with Crippen molar-refractivity contribution < 1.29 is 4.79 Å². The average Bonchev–Trinajstić information content (AvgIpc) is 2.97. The number of amides is 1. The summed E-state index contributed by atoms with van der Waals surface area (Å²) in [6.45, 7) is 8.49. The van der Waals surface area contributed by atoms with Gasteiger partial charge in [0.25, 0.3) is 5.91 Å². The number of carbonyl (C=O) groups excluding carboxylic acids is 1. The molecule has 0 saturated heterocycles. The highest BCUT2D eigenvalue weighted by atomic mass is 16.2. The van der Waals surface area contributed by atoms with E-state index in [0.717, 1.165) is 23.4 Å². The lowest BCUT2D eigenvalue weighted by molar-refractivity contribution is 0.101. The highest BCUT2D eigenvalue weighted by Gasteiger charge is 2.16. The minimum absolute atomic E-state index is 0.177. The number of rotatable bonds is 4. The normalized spacial score (nSPS) is 10.7. The quantitative estimate of drug-likeness (QED) is 0.884. The van der Waals surface area contributed by atoms with Crippen molar-refractivity contribution in [3.8, 4) is 0 Å². The van der Waals surface area contributed by atoms with Crippen LogP contribution in [0.4, 0.5) is 5.82 Å². The van der Waals surface area contributed by atoms with Crippen LogP contribution in [0, 0.1) is 13.8 Å². The van der Waals surface area contributed by atoms with E-state index in [1.54, 1.807) is 4.68 Å². The van der Waals surface area contributed by atoms with Crippen molar-refractivity contribution in [2.24, 2.45) is 0 Å². The Balaban J connectivity index is 2.24. The molecule has 0 bridgehead atoms. The molecule has 0 aliphatic carbocycles. The number of anilines is 1. The molecule has 0 spiro atoms. The van der Waals surface area contributed by atoms with Gasteiger partial charge in [-0.1, -0.05) is 6.92 Å². The second kappa shape index (κ2) is 5.26. The zero-order chi connectivity index (χ0) is 14.0. The second-order valence-electron chi connectivity index (χ2n) is 4.47. The van der Waals surface area contributed by atoms with Gasteiger partial charge in [-0.15, -0.1) is 0 Å². The SMILES string of the molecule is CCc1cc(C(=O)Nc2n[nH]c(C)c2C)n(CC)n1. The van der Waals surface area contributed by atoms with E-state index in [0.29, 0.717) is 18.1 Å². The number of nitrogens with zero attached hydrogens (tertiary/aromatic N) is 3. The van der Waals surface area contributed by atoms with Crippen LogP contribution in [0.1, 0.15) is 41.3 Å². The van der Waals surface area contributed by atoms with E-state index in [9.17, 15) is 4.79 Å². The van der Waals surface area contributed by atoms with E-state index in [4.69, 9.17) is 0 Å². The molecule has 2 aromatic heterocycles. The Labute approximate surface area is 112 Å². The minimum atomic E-state index is -0.177. The third kappa shape index (κ3) is 2.52. The van der Waals surface area contributed by atoms with Crippen molar-refractivity contribution in [1.82, 2.24) is 20.0 Å². The Morgan fingerprint density at radius 2 is 2.16 bits per heavy atom. The molecule has 6 nitrogen and oxygen atoms in total. The molecular formula is C13H19N5O. The number of hydrogen-bond donors (Lipinski definition) is 2. The summed E-state index contributed by atoms with van der Waals surface area (Å²) in [7, 11) is 0. The summed E-state index contributed by atoms with van der Waals surface area (Å²) in [5.74, 6) is 0.396. The van der Waals surface area contributed by atoms with Gasteiger partial charge in [-0.3, -0.25) is 14.6 Å². The van der Waals surface area contributed by atoms with Crippen LogP contribution in [0.25, 0.3) is 0 Å². The van der Waals surface area contributed by atoms with Crippen LogP contribution in [0.3, 0.4) is 0 Å². The Bertz CT molecular complexity index is 596. The molecule has 102 valence electrons. The van der Waals surface area contributed by atoms with Crippen LogP contribution in [0.5, 0.6) is 0 Å². The number of aryl methyl sites for hydroxylation is 3. The zero-order valence-electron chi connectivity index (χ0n) is 11.7. The summed E-state index contributed by atoms with van der Waals surface area (Å²) < 4.78 is 1.71. The zero-order valence-corrected chi connectivity index (χ0v) is 11.7. The van der Waals surface area contributed by atoms with Gasteiger partial charge in [-0.05, 0) is 33.3 Å². The number of aromatic nitrogens is 4. The molecule has 0 aromatic carbocycles. The van der Waals surface area contributed by atoms with E-state index in [1.807, 2.05) is 33.8 Å². The maximum Gasteiger partial charge on any atom is 0.275 e. The first-order chi connectivity index (χ1) is 9.06. The van der Waals surface area contributed by atoms with Crippen molar-refractivity contribution in [3.05, 3.63) is 28.7 Å². The predicted molar refractivity (Wildman–Crippen MR) is 73.3 cm³/mol. The number of aromatic amines is 1. The summed E-state index contributed by atoms with van der Waals surface area (Å²) in [6.07, 6.45) is 0.813. The third-order valence-electron chi connectivity index (χ3n) is 3.21. The van der Waals surface area contributed by atoms with E-state index >= 15 is 0 Å². The third-order valence-corrected chi connectivity index (χ3v) is 3.21. The van der Waals surface area contributed by atoms with Crippen molar-refractivity contribution >= 4 is 11.7 Å². The molecule has 1 amide bonds. The fourth-order valence-corrected chi connectivity index (χ4v) is 1.85. The Morgan fingerprint density at radius 3 is 2.68 bits per heavy atom. The molecule has 19 heavy (non-hydrogen) atoms. The standard InChI is InChI=1S/C13H19N5O/c1-5-10-7-11(18(6-2)17-10)13(19)14-12-8(3)9(4)15-16-12/h7H,5-6H2,1-4H3,(H2,14,15,16,19). The van der Waals surface area contributed by atoms with Crippen LogP contribution in [0.2, 0.25) is 0 Å². The van der Waals surface area contributed by atoms with Crippen LogP contribution < -0.4 is 5.32 Å². The van der Waals surface area contributed by atoms with Gasteiger partial charge in [0.1, 0.15) is 5.69 Å². The van der Waals surface area contributed by atoms with Crippen molar-refractivity contribution in [3.63, 3.8) is 0 Å². The molecule has 0 unspecified atom stereocenters. The van der Waals surface area contributed by atoms with E-state index in [1.165, 1.54) is 0 Å². The van der Waals surface area contributed by atoms with E-state index in [2.05, 4.69) is 20.6 Å². The average molecular weight is 261 g/mol. The molecular weight excluding hydrogens is 242 g/mol. The fraction of sp³-hybridized carbons (Fsp3) is 0.462. The van der Waals surface area contributed by atoms with Crippen LogP contribution in [0.15, 0.2) is 6.07 Å². The molecule has 0 radical (unpaired) electrons. The second-order valence-corrected chi connectivity index (χ2v) is 4.47. The van der Waals surface area contributed by atoms with Crippen molar-refractivity contribution in [2.45, 2.75) is 40.7 Å². The first-order valence-corrected chi connectivity index (χ1v) is 6.46. The molecule has 0 atom stereocenters. The van der Waals surface area contributed by atoms with Gasteiger partial charge >= 0.3 is 0 Å². The Kier molecular flexibility index (Phi) is 3.69. The largest absolute Gasteiger partial charge is 0.304 e. The molecule has 2 aromatic rings. The lowest BCUT2D eigenvalue weighted by Gasteiger charge is -2.05. The first-order valence-electron chi connectivity index (χ1n) is 6.46. The summed E-state index contributed by atoms with van der Waals surface area (Å²) in [5, 5.41) is 14.1. The fourth-order valence-electron chi connectivity index (χ4n) is 1.85. The summed E-state index contributed by atoms with van der Waals surface area (Å²) >= 11 is 0. The van der Waals surface area contributed by atoms with Crippen molar-refractivity contribution in [1.29, 1.82) is 0 Å². The summed E-state index contributed by atoms with van der Waals surface area (Å²) in [4.78, 5) is 12.3. The Morgan fingerprint density at radius 1 is 1.42 bits per heavy atom. The van der Waals surface area contributed by atoms with Gasteiger partial charge in [0.15, 0.2) is 5.82 Å². The van der Waals surface area contributed by atoms with Gasteiger partial charge in [0.2, 0.25) is 0 Å². The van der Waals surface area contributed by atoms with E-state index < -0.39 is 0 Å². The lowest BCUT2D eigenvalue weighted by Crippen LogP contribution is -2.18. The lowest BCUT2D eigenvalue weighted by atomic mass is 10.2. The molecule has 0 aliphatic rings. The maximum atomic E-state index is 12.3. The molecule has 0 aliphatic heterocycles. The van der Waals surface area contributed by atoms with Gasteiger partial charge in [0, 0.05) is 17.8 Å². The number of nitrogens with one attached hydrogen (secondary N) is 2. The van der Waals surface area contributed by atoms with Gasteiger partial charge in [0.05, 0.1) is 5.69 Å². The minimum Gasteiger partial charge on any atom is -0.304 e.